The lowest BCUT2D eigenvalue weighted by molar-refractivity contribution is -0.119. The first-order valence-electron chi connectivity index (χ1n) is 6.21. The molecule has 0 radical (unpaired) electrons. The van der Waals surface area contributed by atoms with E-state index in [-0.39, 0.29) is 17.7 Å². The zero-order valence-electron chi connectivity index (χ0n) is 10.9. The van der Waals surface area contributed by atoms with Gasteiger partial charge in [0, 0.05) is 24.5 Å². The van der Waals surface area contributed by atoms with Crippen LogP contribution in [-0.2, 0) is 4.79 Å². The third-order valence-corrected chi connectivity index (χ3v) is 3.27. The summed E-state index contributed by atoms with van der Waals surface area (Å²) in [6.45, 7) is 3.67. The van der Waals surface area contributed by atoms with E-state index in [9.17, 15) is 9.59 Å². The summed E-state index contributed by atoms with van der Waals surface area (Å²) >= 11 is 5.82. The van der Waals surface area contributed by atoms with Crippen molar-refractivity contribution < 1.29 is 14.3 Å². The van der Waals surface area contributed by atoms with Crippen molar-refractivity contribution in [2.75, 3.05) is 6.61 Å². The lowest BCUT2D eigenvalue weighted by Crippen LogP contribution is -2.30. The minimum atomic E-state index is -0.568. The van der Waals surface area contributed by atoms with Gasteiger partial charge in [-0.3, -0.25) is 9.59 Å². The largest absolute Gasteiger partial charge is 0.493 e. The summed E-state index contributed by atoms with van der Waals surface area (Å²) in [4.78, 5) is 23.1. The Balaban J connectivity index is 2.35. The van der Waals surface area contributed by atoms with Crippen LogP contribution in [-0.4, -0.2) is 23.7 Å². The molecular formula is C14H16ClNO3. The standard InChI is InChI=1S/C14H16ClNO3/c1-8(15)14(18)10-3-4-13-11(7-10)12(5-6-19-13)16-9(2)17/h3-4,7-8,12H,5-6H2,1-2H3,(H,16,17)/t8-,12-/m0/s1. The molecule has 5 heteroatoms. The van der Waals surface area contributed by atoms with Crippen LogP contribution < -0.4 is 10.1 Å². The van der Waals surface area contributed by atoms with Gasteiger partial charge in [-0.05, 0) is 25.1 Å². The Kier molecular flexibility index (Phi) is 4.10. The number of benzene rings is 1. The Morgan fingerprint density at radius 3 is 2.84 bits per heavy atom. The van der Waals surface area contributed by atoms with Crippen molar-refractivity contribution >= 4 is 23.3 Å². The quantitative estimate of drug-likeness (QED) is 0.684. The van der Waals surface area contributed by atoms with Gasteiger partial charge in [0.05, 0.1) is 18.0 Å². The normalized spacial score (nSPS) is 19.0. The summed E-state index contributed by atoms with van der Waals surface area (Å²) in [5, 5.41) is 2.30. The summed E-state index contributed by atoms with van der Waals surface area (Å²) in [7, 11) is 0. The van der Waals surface area contributed by atoms with Gasteiger partial charge in [-0.2, -0.15) is 0 Å². The van der Waals surface area contributed by atoms with Crippen molar-refractivity contribution in [3.8, 4) is 5.75 Å². The van der Waals surface area contributed by atoms with Gasteiger partial charge in [0.1, 0.15) is 5.75 Å². The number of halogens is 1. The molecule has 0 bridgehead atoms. The SMILES string of the molecule is CC(=O)N[C@H]1CCOc2ccc(C(=O)[C@H](C)Cl)cc21. The molecule has 2 atom stereocenters. The highest BCUT2D eigenvalue weighted by Crippen LogP contribution is 2.33. The maximum Gasteiger partial charge on any atom is 0.217 e. The fourth-order valence-electron chi connectivity index (χ4n) is 2.17. The Labute approximate surface area is 117 Å². The molecule has 0 aliphatic carbocycles. The van der Waals surface area contributed by atoms with E-state index >= 15 is 0 Å². The highest BCUT2D eigenvalue weighted by molar-refractivity contribution is 6.33. The molecule has 1 amide bonds. The van der Waals surface area contributed by atoms with Crippen molar-refractivity contribution in [1.82, 2.24) is 5.32 Å². The van der Waals surface area contributed by atoms with Crippen molar-refractivity contribution in [2.45, 2.75) is 31.7 Å². The lowest BCUT2D eigenvalue weighted by Gasteiger charge is -2.26. The van der Waals surface area contributed by atoms with Gasteiger partial charge in [0.15, 0.2) is 5.78 Å². The maximum atomic E-state index is 11.9. The summed E-state index contributed by atoms with van der Waals surface area (Å²) < 4.78 is 5.53. The van der Waals surface area contributed by atoms with E-state index in [4.69, 9.17) is 16.3 Å². The summed E-state index contributed by atoms with van der Waals surface area (Å²) in [6, 6.07) is 5.11. The smallest absolute Gasteiger partial charge is 0.217 e. The molecule has 1 aliphatic rings. The van der Waals surface area contributed by atoms with Crippen LogP contribution in [0.3, 0.4) is 0 Å². The minimum Gasteiger partial charge on any atom is -0.493 e. The van der Waals surface area contributed by atoms with Crippen LogP contribution in [0.1, 0.15) is 42.2 Å². The molecule has 19 heavy (non-hydrogen) atoms. The van der Waals surface area contributed by atoms with Gasteiger partial charge in [-0.25, -0.2) is 0 Å². The number of rotatable bonds is 3. The van der Waals surface area contributed by atoms with Gasteiger partial charge < -0.3 is 10.1 Å². The number of carbonyl (C=O) groups is 2. The van der Waals surface area contributed by atoms with Crippen molar-refractivity contribution in [3.63, 3.8) is 0 Å². The zero-order valence-corrected chi connectivity index (χ0v) is 11.7. The fourth-order valence-corrected chi connectivity index (χ4v) is 2.30. The number of ketones is 1. The number of carbonyl (C=O) groups excluding carboxylic acids is 2. The van der Waals surface area contributed by atoms with Crippen molar-refractivity contribution in [1.29, 1.82) is 0 Å². The van der Waals surface area contributed by atoms with Crippen LogP contribution in [0.4, 0.5) is 0 Å². The molecule has 0 unspecified atom stereocenters. The number of ether oxygens (including phenoxy) is 1. The number of nitrogens with one attached hydrogen (secondary N) is 1. The van der Waals surface area contributed by atoms with Crippen LogP contribution in [0.2, 0.25) is 0 Å². The van der Waals surface area contributed by atoms with Gasteiger partial charge in [-0.1, -0.05) is 0 Å². The minimum absolute atomic E-state index is 0.0970. The third-order valence-electron chi connectivity index (χ3n) is 3.07. The molecular weight excluding hydrogens is 266 g/mol. The zero-order chi connectivity index (χ0) is 14.0. The molecule has 0 aromatic heterocycles. The van der Waals surface area contributed by atoms with E-state index in [0.29, 0.717) is 24.3 Å². The second-order valence-electron chi connectivity index (χ2n) is 4.62. The molecule has 0 saturated carbocycles. The second kappa shape index (κ2) is 5.61. The highest BCUT2D eigenvalue weighted by atomic mass is 35.5. The molecule has 1 aliphatic heterocycles. The van der Waals surface area contributed by atoms with E-state index < -0.39 is 5.38 Å². The predicted octanol–water partition coefficient (Wildman–Crippen LogP) is 2.46. The predicted molar refractivity (Wildman–Crippen MR) is 72.8 cm³/mol. The van der Waals surface area contributed by atoms with Crippen LogP contribution >= 0.6 is 11.6 Å². The highest BCUT2D eigenvalue weighted by Gasteiger charge is 2.24. The van der Waals surface area contributed by atoms with Gasteiger partial charge in [0.25, 0.3) is 0 Å². The first-order chi connectivity index (χ1) is 8.99. The molecule has 2 rings (SSSR count). The molecule has 1 heterocycles. The third kappa shape index (κ3) is 3.07. The summed E-state index contributed by atoms with van der Waals surface area (Å²) in [5.41, 5.74) is 1.38. The Morgan fingerprint density at radius 1 is 1.47 bits per heavy atom. The van der Waals surface area contributed by atoms with Crippen LogP contribution in [0.15, 0.2) is 18.2 Å². The van der Waals surface area contributed by atoms with Gasteiger partial charge in [0.2, 0.25) is 5.91 Å². The molecule has 0 spiro atoms. The van der Waals surface area contributed by atoms with Crippen LogP contribution in [0, 0.1) is 0 Å². The molecule has 1 N–H and O–H groups in total. The van der Waals surface area contributed by atoms with E-state index in [1.807, 2.05) is 0 Å². The van der Waals surface area contributed by atoms with E-state index in [0.717, 1.165) is 5.56 Å². The van der Waals surface area contributed by atoms with Crippen LogP contribution in [0.25, 0.3) is 0 Å². The summed E-state index contributed by atoms with van der Waals surface area (Å²) in [6.07, 6.45) is 0.695. The average Bonchev–Trinajstić information content (AvgIpc) is 2.37. The summed E-state index contributed by atoms with van der Waals surface area (Å²) in [5.74, 6) is 0.487. The van der Waals surface area contributed by atoms with Crippen molar-refractivity contribution in [2.24, 2.45) is 0 Å². The first-order valence-corrected chi connectivity index (χ1v) is 6.65. The number of fused-ring (bicyclic) bond motifs is 1. The topological polar surface area (TPSA) is 55.4 Å². The fraction of sp³-hybridized carbons (Fsp3) is 0.429. The van der Waals surface area contributed by atoms with E-state index in [2.05, 4.69) is 5.32 Å². The van der Waals surface area contributed by atoms with Gasteiger partial charge >= 0.3 is 0 Å². The molecule has 0 saturated heterocycles. The van der Waals surface area contributed by atoms with Crippen LogP contribution in [0.5, 0.6) is 5.75 Å². The Bertz CT molecular complexity index is 513. The Morgan fingerprint density at radius 2 is 2.21 bits per heavy atom. The number of amides is 1. The van der Waals surface area contributed by atoms with E-state index in [1.165, 1.54) is 6.92 Å². The van der Waals surface area contributed by atoms with E-state index in [1.54, 1.807) is 25.1 Å². The average molecular weight is 282 g/mol. The Hall–Kier alpha value is -1.55. The lowest BCUT2D eigenvalue weighted by atomic mass is 9.96. The number of Topliss-reactive ketones (excluding diaryl/α,β-unsaturated/α-hetero) is 1. The molecule has 1 aromatic carbocycles. The maximum absolute atomic E-state index is 11.9. The van der Waals surface area contributed by atoms with Gasteiger partial charge in [-0.15, -0.1) is 11.6 Å². The number of hydrogen-bond acceptors (Lipinski definition) is 3. The number of alkyl halides is 1. The molecule has 102 valence electrons. The molecule has 1 aromatic rings. The first kappa shape index (κ1) is 13.9. The van der Waals surface area contributed by atoms with Crippen molar-refractivity contribution in [3.05, 3.63) is 29.3 Å². The monoisotopic (exact) mass is 281 g/mol. The second-order valence-corrected chi connectivity index (χ2v) is 5.28. The molecule has 0 fully saturated rings. The molecule has 4 nitrogen and oxygen atoms in total. The number of hydrogen-bond donors (Lipinski definition) is 1.